The first-order valence-corrected chi connectivity index (χ1v) is 10.8. The Morgan fingerprint density at radius 2 is 1.94 bits per heavy atom. The summed E-state index contributed by atoms with van der Waals surface area (Å²) >= 11 is 0. The average molecular weight is 432 g/mol. The highest BCUT2D eigenvalue weighted by Crippen LogP contribution is 2.22. The molecule has 1 aromatic heterocycles. The fraction of sp³-hybridized carbons (Fsp3) is 0.609. The predicted molar refractivity (Wildman–Crippen MR) is 118 cm³/mol. The number of carbonyl (C=O) groups is 1. The fourth-order valence-corrected chi connectivity index (χ4v) is 3.54. The molecule has 1 saturated heterocycles. The molecule has 8 nitrogen and oxygen atoms in total. The number of aromatic nitrogens is 2. The van der Waals surface area contributed by atoms with Crippen LogP contribution in [-0.2, 0) is 16.3 Å². The van der Waals surface area contributed by atoms with Gasteiger partial charge in [-0.05, 0) is 84.3 Å². The van der Waals surface area contributed by atoms with Gasteiger partial charge in [0.15, 0.2) is 6.73 Å². The summed E-state index contributed by atoms with van der Waals surface area (Å²) in [6.45, 7) is 7.68. The number of hydrogen-bond acceptors (Lipinski definition) is 7. The van der Waals surface area contributed by atoms with E-state index in [1.807, 2.05) is 0 Å². The first-order valence-electron chi connectivity index (χ1n) is 10.8. The van der Waals surface area contributed by atoms with Gasteiger partial charge in [-0.2, -0.15) is 4.98 Å². The van der Waals surface area contributed by atoms with E-state index in [-0.39, 0.29) is 18.3 Å². The van der Waals surface area contributed by atoms with Gasteiger partial charge in [0.25, 0.3) is 5.56 Å². The monoisotopic (exact) mass is 431 g/mol. The molecule has 0 spiro atoms. The lowest BCUT2D eigenvalue weighted by Gasteiger charge is -2.28. The Bertz CT molecular complexity index is 972. The molecule has 0 radical (unpaired) electrons. The molecule has 1 aliphatic rings. The van der Waals surface area contributed by atoms with E-state index in [2.05, 4.69) is 16.9 Å². The highest BCUT2D eigenvalue weighted by Gasteiger charge is 2.24. The molecular weight excluding hydrogens is 398 g/mol. The molecule has 0 bridgehead atoms. The topological polar surface area (TPSA) is 82.9 Å². The molecule has 2 aromatic rings. The lowest BCUT2D eigenvalue weighted by Crippen LogP contribution is -2.31. The van der Waals surface area contributed by atoms with Gasteiger partial charge in [-0.25, -0.2) is 4.57 Å². The Balaban J connectivity index is 1.82. The van der Waals surface area contributed by atoms with E-state index >= 15 is 0 Å². The Morgan fingerprint density at radius 3 is 2.58 bits per heavy atom. The molecule has 0 unspecified atom stereocenters. The molecule has 170 valence electrons. The summed E-state index contributed by atoms with van der Waals surface area (Å²) in [5.74, 6) is 0.753. The lowest BCUT2D eigenvalue weighted by atomic mass is 9.94. The minimum atomic E-state index is -0.674. The molecule has 8 heteroatoms. The maximum Gasteiger partial charge on any atom is 0.312 e. The molecule has 1 fully saturated rings. The van der Waals surface area contributed by atoms with Gasteiger partial charge in [-0.1, -0.05) is 0 Å². The normalized spacial score (nSPS) is 15.8. The zero-order valence-electron chi connectivity index (χ0n) is 19.1. The molecule has 2 heterocycles. The molecule has 3 rings (SSSR count). The minimum Gasteiger partial charge on any atom is -0.497 e. The van der Waals surface area contributed by atoms with Crippen molar-refractivity contribution >= 4 is 16.9 Å². The molecule has 1 aromatic carbocycles. The first kappa shape index (κ1) is 23.1. The molecular formula is C23H33N3O5. The van der Waals surface area contributed by atoms with E-state index in [9.17, 15) is 9.59 Å². The van der Waals surface area contributed by atoms with Crippen LogP contribution in [0, 0.1) is 11.3 Å². The van der Waals surface area contributed by atoms with Crippen molar-refractivity contribution in [3.8, 4) is 11.8 Å². The zero-order chi connectivity index (χ0) is 22.6. The quantitative estimate of drug-likeness (QED) is 0.623. The molecule has 0 N–H and O–H groups in total. The zero-order valence-corrected chi connectivity index (χ0v) is 19.1. The van der Waals surface area contributed by atoms with Crippen LogP contribution < -0.4 is 15.0 Å². The number of esters is 1. The number of fused-ring (bicyclic) bond motifs is 1. The van der Waals surface area contributed by atoms with Crippen molar-refractivity contribution in [1.29, 1.82) is 0 Å². The van der Waals surface area contributed by atoms with E-state index < -0.39 is 11.4 Å². The second-order valence-corrected chi connectivity index (χ2v) is 9.21. The van der Waals surface area contributed by atoms with Gasteiger partial charge in [0, 0.05) is 0 Å². The van der Waals surface area contributed by atoms with E-state index in [4.69, 9.17) is 14.2 Å². The van der Waals surface area contributed by atoms with Gasteiger partial charge in [-0.3, -0.25) is 9.59 Å². The van der Waals surface area contributed by atoms with Crippen LogP contribution in [0.2, 0.25) is 0 Å². The molecule has 0 amide bonds. The summed E-state index contributed by atoms with van der Waals surface area (Å²) in [5.41, 5.74) is -0.495. The summed E-state index contributed by atoms with van der Waals surface area (Å²) < 4.78 is 17.9. The van der Waals surface area contributed by atoms with Crippen LogP contribution in [0.5, 0.6) is 11.8 Å². The van der Waals surface area contributed by atoms with Gasteiger partial charge in [-0.15, -0.1) is 0 Å². The number of benzene rings is 1. The maximum atomic E-state index is 13.2. The number of piperidine rings is 1. The van der Waals surface area contributed by atoms with Crippen molar-refractivity contribution < 1.29 is 19.0 Å². The number of methoxy groups -OCH3 is 1. The third kappa shape index (κ3) is 5.76. The Morgan fingerprint density at radius 1 is 1.23 bits per heavy atom. The minimum absolute atomic E-state index is 0.164. The summed E-state index contributed by atoms with van der Waals surface area (Å²) in [6.07, 6.45) is 3.17. The number of likely N-dealkylation sites (tertiary alicyclic amines) is 1. The highest BCUT2D eigenvalue weighted by molar-refractivity contribution is 5.79. The van der Waals surface area contributed by atoms with Crippen molar-refractivity contribution in [2.45, 2.75) is 46.8 Å². The van der Waals surface area contributed by atoms with Gasteiger partial charge in [0.1, 0.15) is 5.75 Å². The predicted octanol–water partition coefficient (Wildman–Crippen LogP) is 3.06. The van der Waals surface area contributed by atoms with Crippen LogP contribution >= 0.6 is 0 Å². The summed E-state index contributed by atoms with van der Waals surface area (Å²) in [7, 11) is 3.68. The Kier molecular flexibility index (Phi) is 7.20. The summed E-state index contributed by atoms with van der Waals surface area (Å²) in [6, 6.07) is 5.28. The van der Waals surface area contributed by atoms with Crippen molar-refractivity contribution in [3.63, 3.8) is 0 Å². The van der Waals surface area contributed by atoms with Crippen LogP contribution in [0.4, 0.5) is 0 Å². The van der Waals surface area contributed by atoms with Crippen LogP contribution in [0.15, 0.2) is 23.0 Å². The number of nitrogens with zero attached hydrogens (tertiary/aromatic N) is 3. The van der Waals surface area contributed by atoms with Crippen molar-refractivity contribution in [1.82, 2.24) is 14.5 Å². The van der Waals surface area contributed by atoms with Gasteiger partial charge >= 0.3 is 12.0 Å². The maximum absolute atomic E-state index is 13.2. The van der Waals surface area contributed by atoms with E-state index in [0.717, 1.165) is 32.4 Å². The number of hydrogen-bond donors (Lipinski definition) is 0. The molecule has 1 aliphatic heterocycles. The summed E-state index contributed by atoms with van der Waals surface area (Å²) in [5, 5.41) is 0.383. The lowest BCUT2D eigenvalue weighted by molar-refractivity contribution is -0.157. The first-order chi connectivity index (χ1) is 14.7. The third-order valence-corrected chi connectivity index (χ3v) is 5.66. The Hall–Kier alpha value is -2.61. The van der Waals surface area contributed by atoms with Crippen molar-refractivity contribution in [2.75, 3.05) is 33.9 Å². The van der Waals surface area contributed by atoms with Crippen LogP contribution in [0.25, 0.3) is 10.9 Å². The van der Waals surface area contributed by atoms with E-state index in [1.54, 1.807) is 46.1 Å². The van der Waals surface area contributed by atoms with E-state index in [1.165, 1.54) is 4.57 Å². The molecule has 0 saturated carbocycles. The van der Waals surface area contributed by atoms with Crippen LogP contribution in [-0.4, -0.2) is 54.3 Å². The summed E-state index contributed by atoms with van der Waals surface area (Å²) in [4.78, 5) is 32.3. The highest BCUT2D eigenvalue weighted by atomic mass is 16.6. The second kappa shape index (κ2) is 9.68. The van der Waals surface area contributed by atoms with Gasteiger partial charge < -0.3 is 19.1 Å². The number of ether oxygens (including phenoxy) is 3. The third-order valence-electron chi connectivity index (χ3n) is 5.66. The smallest absolute Gasteiger partial charge is 0.312 e. The largest absolute Gasteiger partial charge is 0.497 e. The average Bonchev–Trinajstić information content (AvgIpc) is 2.73. The molecule has 31 heavy (non-hydrogen) atoms. The van der Waals surface area contributed by atoms with Crippen LogP contribution in [0.1, 0.15) is 40.0 Å². The van der Waals surface area contributed by atoms with Crippen LogP contribution in [0.3, 0.4) is 0 Å². The standard InChI is InChI=1S/C23H33N3O5/c1-23(2,3)21(28)31-15-26-20(27)18-14-17(29-5)6-7-19(18)24-22(26)30-13-10-16-8-11-25(4)12-9-16/h6-7,14,16H,8-13,15H2,1-5H3. The van der Waals surface area contributed by atoms with Gasteiger partial charge in [0.2, 0.25) is 0 Å². The second-order valence-electron chi connectivity index (χ2n) is 9.21. The molecule has 0 atom stereocenters. The van der Waals surface area contributed by atoms with Gasteiger partial charge in [0.05, 0.1) is 30.0 Å². The number of rotatable bonds is 7. The van der Waals surface area contributed by atoms with E-state index in [0.29, 0.717) is 29.2 Å². The Labute approximate surface area is 183 Å². The molecule has 0 aliphatic carbocycles. The van der Waals surface area contributed by atoms with Crippen molar-refractivity contribution in [2.24, 2.45) is 11.3 Å². The number of carbonyl (C=O) groups excluding carboxylic acids is 1. The van der Waals surface area contributed by atoms with Crippen molar-refractivity contribution in [3.05, 3.63) is 28.6 Å². The SMILES string of the molecule is COc1ccc2nc(OCCC3CCN(C)CC3)n(COC(=O)C(C)(C)C)c(=O)c2c1. The fourth-order valence-electron chi connectivity index (χ4n) is 3.54.